The minimum atomic E-state index is -0.819. The van der Waals surface area contributed by atoms with E-state index in [1.807, 2.05) is 31.2 Å². The second kappa shape index (κ2) is 11.6. The van der Waals surface area contributed by atoms with Crippen molar-refractivity contribution in [3.05, 3.63) is 45.7 Å². The summed E-state index contributed by atoms with van der Waals surface area (Å²) in [6.45, 7) is 2.30. The maximum Gasteiger partial charge on any atom is 0.266 e. The maximum atomic E-state index is 13.0. The molecule has 0 heterocycles. The minimum Gasteiger partial charge on any atom is -0.393 e. The van der Waals surface area contributed by atoms with Gasteiger partial charge in [-0.1, -0.05) is 40.9 Å². The van der Waals surface area contributed by atoms with Crippen LogP contribution in [0.5, 0.6) is 0 Å². The van der Waals surface area contributed by atoms with Crippen molar-refractivity contribution in [3.8, 4) is 0 Å². The first-order chi connectivity index (χ1) is 14.3. The molecular formula is C22H29BrN4O3. The second-order valence-corrected chi connectivity index (χ2v) is 8.34. The van der Waals surface area contributed by atoms with Gasteiger partial charge < -0.3 is 16.8 Å². The van der Waals surface area contributed by atoms with Crippen LogP contribution < -0.4 is 16.8 Å². The molecule has 2 unspecified atom stereocenters. The van der Waals surface area contributed by atoms with E-state index in [-0.39, 0.29) is 41.3 Å². The topological polar surface area (TPSA) is 128 Å². The van der Waals surface area contributed by atoms with Gasteiger partial charge in [-0.25, -0.2) is 0 Å². The molecule has 0 radical (unpaired) electrons. The van der Waals surface area contributed by atoms with Gasteiger partial charge in [-0.15, -0.1) is 0 Å². The van der Waals surface area contributed by atoms with Crippen molar-refractivity contribution < 1.29 is 14.4 Å². The quantitative estimate of drug-likeness (QED) is 0.287. The number of hydrogen-bond acceptors (Lipinski definition) is 5. The molecule has 0 bridgehead atoms. The molecular weight excluding hydrogens is 448 g/mol. The monoisotopic (exact) mass is 476 g/mol. The third-order valence-electron chi connectivity index (χ3n) is 5.35. The van der Waals surface area contributed by atoms with Gasteiger partial charge in [-0.05, 0) is 44.2 Å². The normalized spacial score (nSPS) is 19.9. The lowest BCUT2D eigenvalue weighted by Gasteiger charge is -2.30. The van der Waals surface area contributed by atoms with Gasteiger partial charge in [0.05, 0.1) is 5.70 Å². The summed E-state index contributed by atoms with van der Waals surface area (Å²) in [7, 11) is 0. The third kappa shape index (κ3) is 6.79. The number of rotatable bonds is 9. The number of ketones is 1. The van der Waals surface area contributed by atoms with E-state index in [4.69, 9.17) is 11.5 Å². The molecule has 1 aromatic rings. The average Bonchev–Trinajstić information content (AvgIpc) is 2.74. The fraction of sp³-hybridized carbons (Fsp3) is 0.455. The first kappa shape index (κ1) is 23.8. The van der Waals surface area contributed by atoms with Crippen LogP contribution in [-0.4, -0.2) is 30.4 Å². The Kier molecular flexibility index (Phi) is 9.23. The Hall–Kier alpha value is -2.48. The van der Waals surface area contributed by atoms with E-state index in [9.17, 15) is 14.4 Å². The number of nitrogens with zero attached hydrogens (tertiary/aromatic N) is 1. The molecule has 0 spiro atoms. The molecule has 162 valence electrons. The third-order valence-corrected chi connectivity index (χ3v) is 5.88. The SMILES string of the molecule is CCN=CC(NC(=O)CCC1CCCCC1C(=O)c1ccc(Br)cc1)=C(N)C(N)=O. The van der Waals surface area contributed by atoms with Crippen LogP contribution in [0.25, 0.3) is 0 Å². The highest BCUT2D eigenvalue weighted by Gasteiger charge is 2.31. The smallest absolute Gasteiger partial charge is 0.266 e. The number of halogens is 1. The molecule has 5 N–H and O–H groups in total. The lowest BCUT2D eigenvalue weighted by Crippen LogP contribution is -2.33. The van der Waals surface area contributed by atoms with Crippen LogP contribution in [0.3, 0.4) is 0 Å². The zero-order chi connectivity index (χ0) is 22.1. The van der Waals surface area contributed by atoms with E-state index in [0.717, 1.165) is 30.2 Å². The molecule has 8 heteroatoms. The molecule has 1 saturated carbocycles. The minimum absolute atomic E-state index is 0.0833. The summed E-state index contributed by atoms with van der Waals surface area (Å²) in [5, 5.41) is 2.63. The lowest BCUT2D eigenvalue weighted by molar-refractivity contribution is -0.120. The standard InChI is InChI=1S/C22H29BrN4O3/c1-2-26-13-18(20(24)22(25)30)27-19(28)12-9-14-5-3-4-6-17(14)21(29)15-7-10-16(23)11-8-15/h7-8,10-11,13-14,17H,2-6,9,12,24H2,1H3,(H2,25,30)(H,27,28). The van der Waals surface area contributed by atoms with Gasteiger partial charge in [0.15, 0.2) is 5.78 Å². The van der Waals surface area contributed by atoms with E-state index >= 15 is 0 Å². The van der Waals surface area contributed by atoms with Crippen LogP contribution in [0.4, 0.5) is 0 Å². The van der Waals surface area contributed by atoms with Crippen LogP contribution in [0, 0.1) is 11.8 Å². The van der Waals surface area contributed by atoms with Crippen molar-refractivity contribution in [2.75, 3.05) is 6.54 Å². The largest absolute Gasteiger partial charge is 0.393 e. The van der Waals surface area contributed by atoms with Crippen molar-refractivity contribution in [3.63, 3.8) is 0 Å². The molecule has 7 nitrogen and oxygen atoms in total. The molecule has 2 atom stereocenters. The molecule has 0 aromatic heterocycles. The molecule has 1 aromatic carbocycles. The first-order valence-electron chi connectivity index (χ1n) is 10.2. The lowest BCUT2D eigenvalue weighted by atomic mass is 9.73. The molecule has 2 rings (SSSR count). The average molecular weight is 477 g/mol. The van der Waals surface area contributed by atoms with Crippen molar-refractivity contribution in [2.24, 2.45) is 28.3 Å². The van der Waals surface area contributed by atoms with Gasteiger partial charge in [0.2, 0.25) is 5.91 Å². The van der Waals surface area contributed by atoms with Gasteiger partial charge in [0, 0.05) is 35.1 Å². The van der Waals surface area contributed by atoms with E-state index in [2.05, 4.69) is 26.2 Å². The maximum absolute atomic E-state index is 13.0. The number of amides is 2. The van der Waals surface area contributed by atoms with Gasteiger partial charge in [-0.2, -0.15) is 0 Å². The molecule has 1 aliphatic carbocycles. The molecule has 1 fully saturated rings. The van der Waals surface area contributed by atoms with Crippen molar-refractivity contribution >= 4 is 39.7 Å². The fourth-order valence-corrected chi connectivity index (χ4v) is 4.00. The number of primary amides is 1. The van der Waals surface area contributed by atoms with Crippen LogP contribution in [0.2, 0.25) is 0 Å². The van der Waals surface area contributed by atoms with E-state index in [0.29, 0.717) is 18.5 Å². The summed E-state index contributed by atoms with van der Waals surface area (Å²) in [5.74, 6) is -0.898. The van der Waals surface area contributed by atoms with Crippen molar-refractivity contribution in [1.82, 2.24) is 5.32 Å². The van der Waals surface area contributed by atoms with E-state index in [1.165, 1.54) is 6.21 Å². The Morgan fingerprint density at radius 1 is 1.17 bits per heavy atom. The predicted octanol–water partition coefficient (Wildman–Crippen LogP) is 3.08. The number of benzene rings is 1. The first-order valence-corrected chi connectivity index (χ1v) is 11.0. The van der Waals surface area contributed by atoms with Gasteiger partial charge in [-0.3, -0.25) is 19.4 Å². The number of nitrogens with two attached hydrogens (primary N) is 2. The highest BCUT2D eigenvalue weighted by atomic mass is 79.9. The number of Topliss-reactive ketones (excluding diaryl/α,β-unsaturated/α-hetero) is 1. The van der Waals surface area contributed by atoms with E-state index < -0.39 is 5.91 Å². The number of aliphatic imine (C=N–C) groups is 1. The van der Waals surface area contributed by atoms with Crippen molar-refractivity contribution in [2.45, 2.75) is 45.4 Å². The fourth-order valence-electron chi connectivity index (χ4n) is 3.74. The summed E-state index contributed by atoms with van der Waals surface area (Å²) in [5.41, 5.74) is 11.5. The van der Waals surface area contributed by atoms with Gasteiger partial charge in [0.25, 0.3) is 5.91 Å². The molecule has 0 saturated heterocycles. The zero-order valence-electron chi connectivity index (χ0n) is 17.2. The number of hydrogen-bond donors (Lipinski definition) is 3. The number of nitrogens with one attached hydrogen (secondary N) is 1. The number of carbonyl (C=O) groups excluding carboxylic acids is 3. The number of allylic oxidation sites excluding steroid dienone is 1. The Bertz CT molecular complexity index is 833. The summed E-state index contributed by atoms with van der Waals surface area (Å²) in [4.78, 5) is 40.9. The van der Waals surface area contributed by atoms with Crippen LogP contribution in [-0.2, 0) is 9.59 Å². The van der Waals surface area contributed by atoms with Crippen LogP contribution in [0.15, 0.2) is 45.1 Å². The van der Waals surface area contributed by atoms with Crippen LogP contribution >= 0.6 is 15.9 Å². The van der Waals surface area contributed by atoms with E-state index in [1.54, 1.807) is 0 Å². The summed E-state index contributed by atoms with van der Waals surface area (Å²) < 4.78 is 0.932. The Balaban J connectivity index is 2.02. The summed E-state index contributed by atoms with van der Waals surface area (Å²) in [6, 6.07) is 7.41. The molecule has 1 aliphatic rings. The van der Waals surface area contributed by atoms with Crippen LogP contribution in [0.1, 0.15) is 55.8 Å². The highest BCUT2D eigenvalue weighted by molar-refractivity contribution is 9.10. The van der Waals surface area contributed by atoms with Gasteiger partial charge in [0.1, 0.15) is 5.70 Å². The summed E-state index contributed by atoms with van der Waals surface area (Å²) >= 11 is 3.39. The van der Waals surface area contributed by atoms with Gasteiger partial charge >= 0.3 is 0 Å². The zero-order valence-corrected chi connectivity index (χ0v) is 18.8. The highest BCUT2D eigenvalue weighted by Crippen LogP contribution is 2.35. The molecule has 0 aliphatic heterocycles. The Morgan fingerprint density at radius 2 is 1.83 bits per heavy atom. The second-order valence-electron chi connectivity index (χ2n) is 7.43. The number of carbonyl (C=O) groups is 3. The molecule has 2 amide bonds. The Morgan fingerprint density at radius 3 is 2.47 bits per heavy atom. The van der Waals surface area contributed by atoms with Crippen molar-refractivity contribution in [1.29, 1.82) is 0 Å². The predicted molar refractivity (Wildman–Crippen MR) is 121 cm³/mol. The summed E-state index contributed by atoms with van der Waals surface area (Å²) in [6.07, 6.45) is 5.99. The molecule has 30 heavy (non-hydrogen) atoms. The Labute approximate surface area is 185 Å².